The van der Waals surface area contributed by atoms with Gasteiger partial charge in [0, 0.05) is 11.6 Å². The van der Waals surface area contributed by atoms with Crippen molar-refractivity contribution in [1.29, 1.82) is 0 Å². The van der Waals surface area contributed by atoms with E-state index in [9.17, 15) is 4.79 Å². The summed E-state index contributed by atoms with van der Waals surface area (Å²) in [6.07, 6.45) is 3.51. The topological polar surface area (TPSA) is 38.3 Å². The number of nitrogens with one attached hydrogen (secondary N) is 1. The molecule has 1 fully saturated rings. The summed E-state index contributed by atoms with van der Waals surface area (Å²) in [7, 11) is 0. The Hall–Kier alpha value is -2.29. The summed E-state index contributed by atoms with van der Waals surface area (Å²) in [5, 5.41) is 3.21. The van der Waals surface area contributed by atoms with E-state index in [0.717, 1.165) is 12.2 Å². The van der Waals surface area contributed by atoms with Gasteiger partial charge in [-0.05, 0) is 48.6 Å². The lowest BCUT2D eigenvalue weighted by atomic mass is 9.78. The number of hydrogen-bond acceptors (Lipinski definition) is 2. The molecule has 3 rings (SSSR count). The molecule has 1 aliphatic carbocycles. The van der Waals surface area contributed by atoms with Crippen LogP contribution in [0, 0.1) is 11.8 Å². The van der Waals surface area contributed by atoms with E-state index in [-0.39, 0.29) is 11.9 Å². The molecule has 0 heterocycles. The first-order valence-corrected chi connectivity index (χ1v) is 8.77. The van der Waals surface area contributed by atoms with Gasteiger partial charge in [0.25, 0.3) is 5.91 Å². The highest BCUT2D eigenvalue weighted by molar-refractivity contribution is 5.94. The third kappa shape index (κ3) is 3.97. The van der Waals surface area contributed by atoms with Crippen molar-refractivity contribution in [2.45, 2.75) is 39.2 Å². The van der Waals surface area contributed by atoms with Crippen LogP contribution in [-0.4, -0.2) is 11.9 Å². The van der Waals surface area contributed by atoms with Crippen LogP contribution in [-0.2, 0) is 0 Å². The average molecular weight is 323 g/mol. The molecule has 24 heavy (non-hydrogen) atoms. The Bertz CT molecular complexity index is 683. The summed E-state index contributed by atoms with van der Waals surface area (Å²) in [5.74, 6) is 2.62. The van der Waals surface area contributed by atoms with E-state index in [4.69, 9.17) is 4.74 Å². The minimum atomic E-state index is -0.0144. The van der Waals surface area contributed by atoms with Crippen molar-refractivity contribution in [2.75, 3.05) is 0 Å². The van der Waals surface area contributed by atoms with Gasteiger partial charge in [0.15, 0.2) is 0 Å². The summed E-state index contributed by atoms with van der Waals surface area (Å²) in [5.41, 5.74) is 0.647. The molecule has 0 aromatic heterocycles. The molecule has 0 spiro atoms. The third-order valence-electron chi connectivity index (χ3n) is 5.10. The molecular formula is C21H25NO2. The van der Waals surface area contributed by atoms with E-state index in [1.54, 1.807) is 6.07 Å². The van der Waals surface area contributed by atoms with Gasteiger partial charge in [-0.1, -0.05) is 51.0 Å². The molecule has 0 radical (unpaired) electrons. The van der Waals surface area contributed by atoms with E-state index in [0.29, 0.717) is 23.1 Å². The number of carbonyl (C=O) groups excluding carboxylic acids is 1. The number of ether oxygens (including phenoxy) is 1. The fourth-order valence-corrected chi connectivity index (χ4v) is 3.36. The largest absolute Gasteiger partial charge is 0.457 e. The maximum absolute atomic E-state index is 12.6. The standard InChI is InChI=1S/C21H25NO2/c1-15-8-6-13-20(16(15)2)22-21(23)17-9-7-12-19(14-17)24-18-10-4-3-5-11-18/h3-5,7,9-12,14-16,20H,6,8,13H2,1-2H3,(H,22,23)/t15-,16-,20+/m1/s1. The lowest BCUT2D eigenvalue weighted by molar-refractivity contribution is 0.0890. The molecule has 0 unspecified atom stereocenters. The lowest BCUT2D eigenvalue weighted by Gasteiger charge is -2.34. The fourth-order valence-electron chi connectivity index (χ4n) is 3.36. The average Bonchev–Trinajstić information content (AvgIpc) is 2.60. The van der Waals surface area contributed by atoms with Crippen LogP contribution >= 0.6 is 0 Å². The predicted molar refractivity (Wildman–Crippen MR) is 96.4 cm³/mol. The molecular weight excluding hydrogens is 298 g/mol. The normalized spacial score (nSPS) is 23.5. The van der Waals surface area contributed by atoms with Gasteiger partial charge < -0.3 is 10.1 Å². The zero-order valence-electron chi connectivity index (χ0n) is 14.4. The first kappa shape index (κ1) is 16.6. The number of hydrogen-bond donors (Lipinski definition) is 1. The lowest BCUT2D eigenvalue weighted by Crippen LogP contribution is -2.43. The van der Waals surface area contributed by atoms with Crippen LogP contribution < -0.4 is 10.1 Å². The molecule has 2 aromatic carbocycles. The molecule has 0 bridgehead atoms. The zero-order valence-corrected chi connectivity index (χ0v) is 14.4. The maximum Gasteiger partial charge on any atom is 0.251 e. The molecule has 2 aromatic rings. The Kier molecular flexibility index (Phi) is 5.19. The maximum atomic E-state index is 12.6. The van der Waals surface area contributed by atoms with Crippen molar-refractivity contribution in [2.24, 2.45) is 11.8 Å². The van der Waals surface area contributed by atoms with Gasteiger partial charge in [-0.3, -0.25) is 4.79 Å². The second-order valence-electron chi connectivity index (χ2n) is 6.79. The number of carbonyl (C=O) groups is 1. The molecule has 1 amide bonds. The van der Waals surface area contributed by atoms with Crippen LogP contribution in [0.5, 0.6) is 11.5 Å². The quantitative estimate of drug-likeness (QED) is 0.856. The van der Waals surface area contributed by atoms with Gasteiger partial charge in [-0.2, -0.15) is 0 Å². The molecule has 1 aliphatic rings. The van der Waals surface area contributed by atoms with Gasteiger partial charge in [-0.25, -0.2) is 0 Å². The summed E-state index contributed by atoms with van der Waals surface area (Å²) in [6.45, 7) is 4.51. The monoisotopic (exact) mass is 323 g/mol. The Morgan fingerprint density at radius 3 is 2.54 bits per heavy atom. The molecule has 3 heteroatoms. The SMILES string of the molecule is C[C@@H]1[C@H](C)CCC[C@@H]1NC(=O)c1cccc(Oc2ccccc2)c1. The van der Waals surface area contributed by atoms with Crippen LogP contribution in [0.15, 0.2) is 54.6 Å². The number of rotatable bonds is 4. The number of benzene rings is 2. The zero-order chi connectivity index (χ0) is 16.9. The van der Waals surface area contributed by atoms with E-state index in [1.807, 2.05) is 48.5 Å². The smallest absolute Gasteiger partial charge is 0.251 e. The summed E-state index contributed by atoms with van der Waals surface area (Å²) in [6, 6.07) is 17.2. The van der Waals surface area contributed by atoms with Crippen molar-refractivity contribution in [3.63, 3.8) is 0 Å². The van der Waals surface area contributed by atoms with Crippen molar-refractivity contribution in [3.8, 4) is 11.5 Å². The van der Waals surface area contributed by atoms with Gasteiger partial charge in [0.05, 0.1) is 0 Å². The second kappa shape index (κ2) is 7.52. The first-order chi connectivity index (χ1) is 11.6. The van der Waals surface area contributed by atoms with E-state index >= 15 is 0 Å². The minimum Gasteiger partial charge on any atom is -0.457 e. The highest BCUT2D eigenvalue weighted by atomic mass is 16.5. The highest BCUT2D eigenvalue weighted by Gasteiger charge is 2.28. The Morgan fingerprint density at radius 1 is 1.00 bits per heavy atom. The van der Waals surface area contributed by atoms with E-state index < -0.39 is 0 Å². The molecule has 1 N–H and O–H groups in total. The number of para-hydroxylation sites is 1. The Labute approximate surface area is 144 Å². The van der Waals surface area contributed by atoms with Gasteiger partial charge in [0.2, 0.25) is 0 Å². The number of amides is 1. The summed E-state index contributed by atoms with van der Waals surface area (Å²) >= 11 is 0. The van der Waals surface area contributed by atoms with Crippen molar-refractivity contribution < 1.29 is 9.53 Å². The van der Waals surface area contributed by atoms with Gasteiger partial charge in [0.1, 0.15) is 11.5 Å². The fraction of sp³-hybridized carbons (Fsp3) is 0.381. The van der Waals surface area contributed by atoms with Crippen LogP contribution in [0.2, 0.25) is 0 Å². The predicted octanol–water partition coefficient (Wildman–Crippen LogP) is 5.03. The van der Waals surface area contributed by atoms with Crippen LogP contribution in [0.4, 0.5) is 0 Å². The molecule has 3 atom stereocenters. The van der Waals surface area contributed by atoms with Crippen molar-refractivity contribution >= 4 is 5.91 Å². The van der Waals surface area contributed by atoms with E-state index in [1.165, 1.54) is 12.8 Å². The van der Waals surface area contributed by atoms with E-state index in [2.05, 4.69) is 19.2 Å². The van der Waals surface area contributed by atoms with Crippen molar-refractivity contribution in [1.82, 2.24) is 5.32 Å². The Morgan fingerprint density at radius 2 is 1.75 bits per heavy atom. The molecule has 0 saturated heterocycles. The van der Waals surface area contributed by atoms with Crippen LogP contribution in [0.25, 0.3) is 0 Å². The Balaban J connectivity index is 1.68. The third-order valence-corrected chi connectivity index (χ3v) is 5.10. The minimum absolute atomic E-state index is 0.0144. The molecule has 1 saturated carbocycles. The van der Waals surface area contributed by atoms with Crippen molar-refractivity contribution in [3.05, 3.63) is 60.2 Å². The van der Waals surface area contributed by atoms with Gasteiger partial charge in [-0.15, -0.1) is 0 Å². The first-order valence-electron chi connectivity index (χ1n) is 8.77. The molecule has 0 aliphatic heterocycles. The molecule has 3 nitrogen and oxygen atoms in total. The van der Waals surface area contributed by atoms with Gasteiger partial charge >= 0.3 is 0 Å². The second-order valence-corrected chi connectivity index (χ2v) is 6.79. The molecule has 126 valence electrons. The van der Waals surface area contributed by atoms with Crippen LogP contribution in [0.3, 0.4) is 0 Å². The summed E-state index contributed by atoms with van der Waals surface area (Å²) < 4.78 is 5.82. The highest BCUT2D eigenvalue weighted by Crippen LogP contribution is 2.30. The van der Waals surface area contributed by atoms with Crippen LogP contribution in [0.1, 0.15) is 43.5 Å². The summed E-state index contributed by atoms with van der Waals surface area (Å²) in [4.78, 5) is 12.6.